The number of halogens is 1. The van der Waals surface area contributed by atoms with Gasteiger partial charge in [-0.1, -0.05) is 0 Å². The monoisotopic (exact) mass is 363 g/mol. The van der Waals surface area contributed by atoms with Crippen molar-refractivity contribution in [3.05, 3.63) is 0 Å². The van der Waals surface area contributed by atoms with Crippen LogP contribution in [-0.2, 0) is 19.1 Å². The molecule has 0 radical (unpaired) electrons. The summed E-state index contributed by atoms with van der Waals surface area (Å²) >= 11 is 0. The van der Waals surface area contributed by atoms with Gasteiger partial charge in [0.25, 0.3) is 0 Å². The maximum absolute atomic E-state index is 12.2. The lowest BCUT2D eigenvalue weighted by atomic mass is 9.97. The van der Waals surface area contributed by atoms with Crippen molar-refractivity contribution in [3.63, 3.8) is 0 Å². The summed E-state index contributed by atoms with van der Waals surface area (Å²) in [6.07, 6.45) is 4.38. The number of carbonyl (C=O) groups excluding carboxylic acids is 2. The lowest BCUT2D eigenvalue weighted by Gasteiger charge is -2.32. The first kappa shape index (κ1) is 21.2. The third-order valence-electron chi connectivity index (χ3n) is 4.38. The van der Waals surface area contributed by atoms with Gasteiger partial charge in [-0.25, -0.2) is 0 Å². The van der Waals surface area contributed by atoms with Crippen molar-refractivity contribution < 1.29 is 19.1 Å². The van der Waals surface area contributed by atoms with E-state index in [-0.39, 0.29) is 36.2 Å². The number of piperidine rings is 1. The number of amides is 2. The Morgan fingerprint density at radius 3 is 2.83 bits per heavy atom. The number of likely N-dealkylation sites (tertiary alicyclic amines) is 1. The number of ether oxygens (including phenoxy) is 2. The van der Waals surface area contributed by atoms with Gasteiger partial charge in [0.1, 0.15) is 0 Å². The Kier molecular flexibility index (Phi) is 10.2. The molecule has 8 heteroatoms. The molecule has 0 aromatic rings. The first-order chi connectivity index (χ1) is 11.2. The maximum Gasteiger partial charge on any atom is 0.224 e. The highest BCUT2D eigenvalue weighted by Crippen LogP contribution is 2.17. The molecule has 7 nitrogen and oxygen atoms in total. The van der Waals surface area contributed by atoms with Crippen molar-refractivity contribution in [2.45, 2.75) is 38.2 Å². The molecule has 2 fully saturated rings. The van der Waals surface area contributed by atoms with Gasteiger partial charge < -0.3 is 25.4 Å². The highest BCUT2D eigenvalue weighted by Gasteiger charge is 2.28. The van der Waals surface area contributed by atoms with Crippen molar-refractivity contribution in [1.29, 1.82) is 0 Å². The molecular formula is C16H30ClN3O4. The number of nitrogens with two attached hydrogens (primary N) is 1. The second kappa shape index (κ2) is 11.6. The zero-order valence-corrected chi connectivity index (χ0v) is 15.0. The third kappa shape index (κ3) is 6.93. The summed E-state index contributed by atoms with van der Waals surface area (Å²) < 4.78 is 11.0. The van der Waals surface area contributed by atoms with Crippen LogP contribution in [0, 0.1) is 5.92 Å². The van der Waals surface area contributed by atoms with Crippen molar-refractivity contribution in [2.75, 3.05) is 46.0 Å². The SMILES string of the molecule is Cl.NCCNC(=O)C1CCCN(C(=O)CCOCC2CCCO2)C1. The standard InChI is InChI=1S/C16H29N3O4.ClH/c17-6-7-18-16(21)13-3-1-8-19(11-13)15(20)5-10-22-12-14-4-2-9-23-14;/h13-14H,1-12,17H2,(H,18,21);1H. The van der Waals surface area contributed by atoms with Gasteiger partial charge in [0.15, 0.2) is 0 Å². The molecule has 2 rings (SSSR count). The van der Waals surface area contributed by atoms with Crippen LogP contribution in [0.25, 0.3) is 0 Å². The van der Waals surface area contributed by atoms with E-state index in [2.05, 4.69) is 5.32 Å². The molecule has 0 saturated carbocycles. The molecule has 0 aromatic heterocycles. The first-order valence-corrected chi connectivity index (χ1v) is 8.65. The zero-order valence-electron chi connectivity index (χ0n) is 14.2. The summed E-state index contributed by atoms with van der Waals surface area (Å²) in [4.78, 5) is 26.0. The van der Waals surface area contributed by atoms with Crippen LogP contribution in [-0.4, -0.2) is 68.8 Å². The van der Waals surface area contributed by atoms with Gasteiger partial charge in [-0.3, -0.25) is 9.59 Å². The topological polar surface area (TPSA) is 93.9 Å². The Morgan fingerprint density at radius 1 is 1.29 bits per heavy atom. The molecule has 2 amide bonds. The molecule has 2 atom stereocenters. The van der Waals surface area contributed by atoms with E-state index in [0.29, 0.717) is 39.3 Å². The smallest absolute Gasteiger partial charge is 0.224 e. The average Bonchev–Trinajstić information content (AvgIpc) is 3.10. The Hall–Kier alpha value is -0.890. The second-order valence-corrected chi connectivity index (χ2v) is 6.22. The Balaban J connectivity index is 0.00000288. The summed E-state index contributed by atoms with van der Waals surface area (Å²) in [5.41, 5.74) is 5.39. The molecule has 2 aliphatic rings. The van der Waals surface area contributed by atoms with E-state index in [1.54, 1.807) is 4.90 Å². The third-order valence-corrected chi connectivity index (χ3v) is 4.38. The molecule has 3 N–H and O–H groups in total. The number of hydrogen-bond donors (Lipinski definition) is 2. The lowest BCUT2D eigenvalue weighted by Crippen LogP contribution is -2.46. The van der Waals surface area contributed by atoms with E-state index in [4.69, 9.17) is 15.2 Å². The maximum atomic E-state index is 12.2. The number of carbonyl (C=O) groups is 2. The fraction of sp³-hybridized carbons (Fsp3) is 0.875. The molecule has 0 bridgehead atoms. The van der Waals surface area contributed by atoms with E-state index in [1.165, 1.54) is 0 Å². The highest BCUT2D eigenvalue weighted by atomic mass is 35.5. The number of hydrogen-bond acceptors (Lipinski definition) is 5. The van der Waals surface area contributed by atoms with E-state index >= 15 is 0 Å². The largest absolute Gasteiger partial charge is 0.378 e. The highest BCUT2D eigenvalue weighted by molar-refractivity contribution is 5.85. The predicted molar refractivity (Wildman–Crippen MR) is 93.0 cm³/mol. The molecule has 140 valence electrons. The van der Waals surface area contributed by atoms with Crippen LogP contribution < -0.4 is 11.1 Å². The number of nitrogens with zero attached hydrogens (tertiary/aromatic N) is 1. The minimum Gasteiger partial charge on any atom is -0.378 e. The van der Waals surface area contributed by atoms with Crippen LogP contribution in [0.1, 0.15) is 32.1 Å². The van der Waals surface area contributed by atoms with Crippen LogP contribution in [0.5, 0.6) is 0 Å². The van der Waals surface area contributed by atoms with Crippen LogP contribution in [0.3, 0.4) is 0 Å². The molecule has 2 heterocycles. The molecule has 0 aliphatic carbocycles. The van der Waals surface area contributed by atoms with Crippen molar-refractivity contribution in [1.82, 2.24) is 10.2 Å². The van der Waals surface area contributed by atoms with E-state index in [1.807, 2.05) is 0 Å². The summed E-state index contributed by atoms with van der Waals surface area (Å²) in [6, 6.07) is 0. The van der Waals surface area contributed by atoms with Crippen molar-refractivity contribution in [2.24, 2.45) is 11.7 Å². The van der Waals surface area contributed by atoms with Crippen LogP contribution in [0.15, 0.2) is 0 Å². The lowest BCUT2D eigenvalue weighted by molar-refractivity contribution is -0.136. The normalized spacial score (nSPS) is 23.6. The van der Waals surface area contributed by atoms with Gasteiger partial charge in [-0.05, 0) is 25.7 Å². The fourth-order valence-corrected chi connectivity index (χ4v) is 3.07. The summed E-state index contributed by atoms with van der Waals surface area (Å²) in [6.45, 7) is 3.95. The Morgan fingerprint density at radius 2 is 2.12 bits per heavy atom. The molecule has 2 unspecified atom stereocenters. The average molecular weight is 364 g/mol. The molecule has 2 aliphatic heterocycles. The van der Waals surface area contributed by atoms with Gasteiger partial charge >= 0.3 is 0 Å². The quantitative estimate of drug-likeness (QED) is 0.605. The molecule has 0 aromatic carbocycles. The fourth-order valence-electron chi connectivity index (χ4n) is 3.07. The van der Waals surface area contributed by atoms with Gasteiger partial charge in [0, 0.05) is 32.8 Å². The van der Waals surface area contributed by atoms with Crippen LogP contribution in [0.2, 0.25) is 0 Å². The summed E-state index contributed by atoms with van der Waals surface area (Å²) in [5, 5.41) is 2.80. The van der Waals surface area contributed by atoms with Gasteiger partial charge in [-0.15, -0.1) is 12.4 Å². The van der Waals surface area contributed by atoms with E-state index in [9.17, 15) is 9.59 Å². The minimum absolute atomic E-state index is 0. The number of nitrogens with one attached hydrogen (secondary N) is 1. The van der Waals surface area contributed by atoms with E-state index < -0.39 is 0 Å². The van der Waals surface area contributed by atoms with Crippen molar-refractivity contribution in [3.8, 4) is 0 Å². The van der Waals surface area contributed by atoms with Gasteiger partial charge in [-0.2, -0.15) is 0 Å². The Labute approximate surface area is 150 Å². The first-order valence-electron chi connectivity index (χ1n) is 8.65. The Bertz CT molecular complexity index is 392. The van der Waals surface area contributed by atoms with Crippen LogP contribution >= 0.6 is 12.4 Å². The second-order valence-electron chi connectivity index (χ2n) is 6.22. The van der Waals surface area contributed by atoms with Crippen molar-refractivity contribution >= 4 is 24.2 Å². The van der Waals surface area contributed by atoms with E-state index in [0.717, 1.165) is 38.8 Å². The number of rotatable bonds is 8. The summed E-state index contributed by atoms with van der Waals surface area (Å²) in [7, 11) is 0. The van der Waals surface area contributed by atoms with Gasteiger partial charge in [0.05, 0.1) is 31.7 Å². The molecule has 24 heavy (non-hydrogen) atoms. The predicted octanol–water partition coefficient (Wildman–Crippen LogP) is 0.307. The molecule has 0 spiro atoms. The summed E-state index contributed by atoms with van der Waals surface area (Å²) in [5.74, 6) is -0.0525. The minimum atomic E-state index is -0.118. The molecular weight excluding hydrogens is 334 g/mol. The van der Waals surface area contributed by atoms with Gasteiger partial charge in [0.2, 0.25) is 11.8 Å². The van der Waals surface area contributed by atoms with Crippen LogP contribution in [0.4, 0.5) is 0 Å². The molecule has 2 saturated heterocycles. The zero-order chi connectivity index (χ0) is 16.5.